The van der Waals surface area contributed by atoms with Gasteiger partial charge in [-0.2, -0.15) is 0 Å². The van der Waals surface area contributed by atoms with Gasteiger partial charge in [0.15, 0.2) is 6.61 Å². The number of amides is 2. The third-order valence-electron chi connectivity index (χ3n) is 4.11. The van der Waals surface area contributed by atoms with Crippen molar-refractivity contribution in [1.29, 1.82) is 0 Å². The molecule has 1 aromatic carbocycles. The van der Waals surface area contributed by atoms with Gasteiger partial charge in [0, 0.05) is 12.2 Å². The summed E-state index contributed by atoms with van der Waals surface area (Å²) in [6, 6.07) is 6.81. The molecule has 0 unspecified atom stereocenters. The molecule has 0 aromatic heterocycles. The van der Waals surface area contributed by atoms with Gasteiger partial charge in [0.2, 0.25) is 0 Å². The largest absolute Gasteiger partial charge is 0.484 e. The Hall–Kier alpha value is -3.09. The molecule has 1 aliphatic rings. The number of esters is 1. The second-order valence-electron chi connectivity index (χ2n) is 6.87. The highest BCUT2D eigenvalue weighted by molar-refractivity contribution is 6.16. The fourth-order valence-corrected chi connectivity index (χ4v) is 2.90. The molecule has 7 heteroatoms. The van der Waals surface area contributed by atoms with Gasteiger partial charge in [-0.3, -0.25) is 9.59 Å². The SMILES string of the molecule is CCOC(=O)C1=C(C)N(CC(C)C)C(=O)/C1=C\c1ccc(OCC(N)=O)cc1. The van der Waals surface area contributed by atoms with E-state index in [1.54, 1.807) is 49.1 Å². The second-order valence-corrected chi connectivity index (χ2v) is 6.87. The molecule has 0 atom stereocenters. The number of nitrogens with zero attached hydrogens (tertiary/aromatic N) is 1. The normalized spacial score (nSPS) is 15.5. The number of ether oxygens (including phenoxy) is 2. The van der Waals surface area contributed by atoms with E-state index in [2.05, 4.69) is 0 Å². The molecule has 2 N–H and O–H groups in total. The molecule has 1 aliphatic heterocycles. The first-order valence-corrected chi connectivity index (χ1v) is 9.17. The summed E-state index contributed by atoms with van der Waals surface area (Å²) in [4.78, 5) is 37.8. The quantitative estimate of drug-likeness (QED) is 0.546. The monoisotopic (exact) mass is 386 g/mol. The van der Waals surface area contributed by atoms with E-state index >= 15 is 0 Å². The molecule has 0 spiro atoms. The van der Waals surface area contributed by atoms with Gasteiger partial charge in [-0.15, -0.1) is 0 Å². The van der Waals surface area contributed by atoms with Gasteiger partial charge in [0.1, 0.15) is 5.75 Å². The zero-order valence-electron chi connectivity index (χ0n) is 16.7. The van der Waals surface area contributed by atoms with Crippen molar-refractivity contribution in [3.63, 3.8) is 0 Å². The second kappa shape index (κ2) is 9.21. The van der Waals surface area contributed by atoms with Gasteiger partial charge >= 0.3 is 5.97 Å². The number of allylic oxidation sites excluding steroid dienone is 1. The standard InChI is InChI=1S/C21H26N2O5/c1-5-27-21(26)19-14(4)23(11-13(2)3)20(25)17(19)10-15-6-8-16(9-7-15)28-12-18(22)24/h6-10,13H,5,11-12H2,1-4H3,(H2,22,24)/b17-10-. The molecule has 0 bridgehead atoms. The summed E-state index contributed by atoms with van der Waals surface area (Å²) in [5.74, 6) is -0.552. The van der Waals surface area contributed by atoms with Crippen LogP contribution in [0.3, 0.4) is 0 Å². The van der Waals surface area contributed by atoms with Gasteiger partial charge in [0.25, 0.3) is 11.8 Å². The van der Waals surface area contributed by atoms with E-state index in [4.69, 9.17) is 15.2 Å². The van der Waals surface area contributed by atoms with E-state index in [9.17, 15) is 14.4 Å². The van der Waals surface area contributed by atoms with E-state index in [1.165, 1.54) is 0 Å². The summed E-state index contributed by atoms with van der Waals surface area (Å²) in [6.45, 7) is 8.04. The molecular weight excluding hydrogens is 360 g/mol. The lowest BCUT2D eigenvalue weighted by Crippen LogP contribution is -2.28. The maximum atomic E-state index is 13.0. The molecule has 150 valence electrons. The third-order valence-corrected chi connectivity index (χ3v) is 4.11. The molecule has 0 aliphatic carbocycles. The van der Waals surface area contributed by atoms with Crippen molar-refractivity contribution in [1.82, 2.24) is 4.90 Å². The number of rotatable bonds is 8. The Morgan fingerprint density at radius 3 is 2.39 bits per heavy atom. The minimum Gasteiger partial charge on any atom is -0.484 e. The molecule has 0 radical (unpaired) electrons. The Labute approximate surface area is 164 Å². The molecule has 1 aromatic rings. The summed E-state index contributed by atoms with van der Waals surface area (Å²) in [6.07, 6.45) is 1.66. The average molecular weight is 386 g/mol. The van der Waals surface area contributed by atoms with Gasteiger partial charge < -0.3 is 20.1 Å². The summed E-state index contributed by atoms with van der Waals surface area (Å²) in [7, 11) is 0. The fourth-order valence-electron chi connectivity index (χ4n) is 2.90. The smallest absolute Gasteiger partial charge is 0.340 e. The van der Waals surface area contributed by atoms with Crippen LogP contribution in [0.15, 0.2) is 41.1 Å². The first kappa shape index (κ1) is 21.2. The number of carbonyl (C=O) groups is 3. The molecule has 7 nitrogen and oxygen atoms in total. The molecule has 0 saturated carbocycles. The van der Waals surface area contributed by atoms with Crippen molar-refractivity contribution in [3.8, 4) is 5.75 Å². The van der Waals surface area contributed by atoms with Crippen LogP contribution in [0.4, 0.5) is 0 Å². The lowest BCUT2D eigenvalue weighted by atomic mass is 10.0. The van der Waals surface area contributed by atoms with E-state index in [-0.39, 0.29) is 25.0 Å². The van der Waals surface area contributed by atoms with Gasteiger partial charge in [-0.1, -0.05) is 26.0 Å². The number of hydrogen-bond donors (Lipinski definition) is 1. The summed E-state index contributed by atoms with van der Waals surface area (Å²) in [5, 5.41) is 0. The summed E-state index contributed by atoms with van der Waals surface area (Å²) < 4.78 is 10.4. The van der Waals surface area contributed by atoms with Crippen molar-refractivity contribution in [3.05, 3.63) is 46.7 Å². The molecule has 2 rings (SSSR count). The molecule has 0 fully saturated rings. The maximum absolute atomic E-state index is 13.0. The Morgan fingerprint density at radius 2 is 1.86 bits per heavy atom. The third kappa shape index (κ3) is 5.00. The number of nitrogens with two attached hydrogens (primary N) is 1. The number of primary amides is 1. The average Bonchev–Trinajstić information content (AvgIpc) is 2.85. The first-order valence-electron chi connectivity index (χ1n) is 9.17. The van der Waals surface area contributed by atoms with Crippen LogP contribution in [0.1, 0.15) is 33.3 Å². The predicted molar refractivity (Wildman–Crippen MR) is 105 cm³/mol. The van der Waals surface area contributed by atoms with Crippen LogP contribution in [0.2, 0.25) is 0 Å². The van der Waals surface area contributed by atoms with Crippen molar-refractivity contribution in [2.45, 2.75) is 27.7 Å². The van der Waals surface area contributed by atoms with E-state index in [1.807, 2.05) is 13.8 Å². The minimum atomic E-state index is -0.562. The number of carbonyl (C=O) groups excluding carboxylic acids is 3. The highest BCUT2D eigenvalue weighted by Gasteiger charge is 2.37. The number of hydrogen-bond acceptors (Lipinski definition) is 5. The number of benzene rings is 1. The van der Waals surface area contributed by atoms with Gasteiger partial charge in [-0.25, -0.2) is 4.79 Å². The Kier molecular flexibility index (Phi) is 6.98. The molecule has 28 heavy (non-hydrogen) atoms. The van der Waals surface area contributed by atoms with Crippen LogP contribution in [0.25, 0.3) is 6.08 Å². The van der Waals surface area contributed by atoms with Crippen LogP contribution in [-0.4, -0.2) is 42.4 Å². The summed E-state index contributed by atoms with van der Waals surface area (Å²) in [5.41, 5.74) is 6.98. The van der Waals surface area contributed by atoms with Crippen LogP contribution < -0.4 is 10.5 Å². The molecule has 2 amide bonds. The zero-order chi connectivity index (χ0) is 20.8. The fraction of sp³-hybridized carbons (Fsp3) is 0.381. The Morgan fingerprint density at radius 1 is 1.21 bits per heavy atom. The van der Waals surface area contributed by atoms with E-state index < -0.39 is 11.9 Å². The van der Waals surface area contributed by atoms with Crippen LogP contribution in [-0.2, 0) is 19.1 Å². The molecule has 1 heterocycles. The summed E-state index contributed by atoms with van der Waals surface area (Å²) >= 11 is 0. The highest BCUT2D eigenvalue weighted by Crippen LogP contribution is 2.32. The van der Waals surface area contributed by atoms with Crippen molar-refractivity contribution in [2.24, 2.45) is 11.7 Å². The minimum absolute atomic E-state index is 0.210. The van der Waals surface area contributed by atoms with Gasteiger partial charge in [0.05, 0.1) is 17.8 Å². The lowest BCUT2D eigenvalue weighted by Gasteiger charge is -2.19. The molecule has 0 saturated heterocycles. The maximum Gasteiger partial charge on any atom is 0.340 e. The van der Waals surface area contributed by atoms with Crippen molar-refractivity contribution < 1.29 is 23.9 Å². The van der Waals surface area contributed by atoms with Crippen LogP contribution >= 0.6 is 0 Å². The zero-order valence-corrected chi connectivity index (χ0v) is 16.7. The van der Waals surface area contributed by atoms with Crippen molar-refractivity contribution >= 4 is 23.9 Å². The predicted octanol–water partition coefficient (Wildman–Crippen LogP) is 2.27. The Balaban J connectivity index is 2.35. The lowest BCUT2D eigenvalue weighted by molar-refractivity contribution is -0.138. The van der Waals surface area contributed by atoms with Crippen molar-refractivity contribution in [2.75, 3.05) is 19.8 Å². The topological polar surface area (TPSA) is 98.9 Å². The van der Waals surface area contributed by atoms with Crippen LogP contribution in [0.5, 0.6) is 5.75 Å². The van der Waals surface area contributed by atoms with E-state index in [0.29, 0.717) is 29.1 Å². The Bertz CT molecular complexity index is 822. The first-order chi connectivity index (χ1) is 13.2. The van der Waals surface area contributed by atoms with Crippen LogP contribution in [0, 0.1) is 5.92 Å². The highest BCUT2D eigenvalue weighted by atomic mass is 16.5. The van der Waals surface area contributed by atoms with Gasteiger partial charge in [-0.05, 0) is 43.5 Å². The van der Waals surface area contributed by atoms with E-state index in [0.717, 1.165) is 5.56 Å². The molecular formula is C21H26N2O5.